The number of carbonyl (C=O) groups excluding carboxylic acids is 3. The second-order valence-corrected chi connectivity index (χ2v) is 11.3. The molecule has 1 aliphatic carbocycles. The summed E-state index contributed by atoms with van der Waals surface area (Å²) in [4.78, 5) is 53.8. The molecule has 0 saturated carbocycles. The van der Waals surface area contributed by atoms with Gasteiger partial charge in [-0.1, -0.05) is 24.3 Å². The topological polar surface area (TPSA) is 104 Å². The standard InChI is InChI=1S/C26H26N2O6S.Na.H/c1-26(2)22(25(32)33)28-23(31)21(24(28)35-26)27(17-9-4-3-5-10-17)19(29)14-20(30)34-18-12-11-15-7-6-8-16(15)13-18;;/h3-5,9-13,21-22,24H,6-8,14H2,1-2H3,(H,32,33);;/q;+1;-1/t21?,22?,24-;;/m1../s1. The van der Waals surface area contributed by atoms with E-state index in [0.717, 1.165) is 24.8 Å². The van der Waals surface area contributed by atoms with Gasteiger partial charge in [0.2, 0.25) is 5.91 Å². The fourth-order valence-electron chi connectivity index (χ4n) is 5.27. The van der Waals surface area contributed by atoms with Gasteiger partial charge in [0.05, 0.1) is 0 Å². The molecule has 2 aromatic carbocycles. The van der Waals surface area contributed by atoms with Crippen LogP contribution in [0.4, 0.5) is 5.69 Å². The van der Waals surface area contributed by atoms with Crippen LogP contribution in [0.2, 0.25) is 0 Å². The third kappa shape index (κ3) is 4.69. The summed E-state index contributed by atoms with van der Waals surface area (Å²) in [5.74, 6) is -2.40. The molecule has 2 heterocycles. The van der Waals surface area contributed by atoms with E-state index in [1.54, 1.807) is 50.2 Å². The number of nitrogens with zero attached hydrogens (tertiary/aromatic N) is 2. The fourth-order valence-corrected chi connectivity index (χ4v) is 6.94. The average molecular weight is 519 g/mol. The molecular weight excluding hydrogens is 491 g/mol. The van der Waals surface area contributed by atoms with E-state index in [4.69, 9.17) is 4.74 Å². The maximum atomic E-state index is 13.4. The molecule has 184 valence electrons. The Bertz CT molecular complexity index is 1230. The molecule has 2 saturated heterocycles. The number of aliphatic carboxylic acids is 1. The van der Waals surface area contributed by atoms with Crippen LogP contribution < -0.4 is 39.2 Å². The quantitative estimate of drug-likeness (QED) is 0.191. The first-order chi connectivity index (χ1) is 16.7. The van der Waals surface area contributed by atoms with Crippen molar-refractivity contribution in [2.24, 2.45) is 0 Å². The van der Waals surface area contributed by atoms with Crippen LogP contribution in [-0.2, 0) is 32.0 Å². The van der Waals surface area contributed by atoms with Crippen molar-refractivity contribution in [2.75, 3.05) is 4.90 Å². The molecule has 0 aromatic heterocycles. The Balaban J connectivity index is 0.00000190. The van der Waals surface area contributed by atoms with E-state index in [2.05, 4.69) is 0 Å². The van der Waals surface area contributed by atoms with Crippen molar-refractivity contribution in [3.8, 4) is 5.75 Å². The molecule has 8 nitrogen and oxygen atoms in total. The largest absolute Gasteiger partial charge is 1.00 e. The Labute approximate surface area is 237 Å². The Hall–Kier alpha value is -2.33. The Morgan fingerprint density at radius 1 is 1.14 bits per heavy atom. The van der Waals surface area contributed by atoms with Crippen LogP contribution in [0.15, 0.2) is 48.5 Å². The van der Waals surface area contributed by atoms with Crippen LogP contribution >= 0.6 is 11.8 Å². The van der Waals surface area contributed by atoms with Crippen molar-refractivity contribution < 1.29 is 60.0 Å². The molecule has 2 fully saturated rings. The van der Waals surface area contributed by atoms with Crippen molar-refractivity contribution in [1.82, 2.24) is 4.90 Å². The van der Waals surface area contributed by atoms with Crippen molar-refractivity contribution in [1.29, 1.82) is 0 Å². The summed E-state index contributed by atoms with van der Waals surface area (Å²) in [6, 6.07) is 12.3. The zero-order chi connectivity index (χ0) is 24.9. The van der Waals surface area contributed by atoms with Gasteiger partial charge in [0.25, 0.3) is 5.91 Å². The summed E-state index contributed by atoms with van der Waals surface area (Å²) in [5, 5.41) is 9.19. The third-order valence-electron chi connectivity index (χ3n) is 6.83. The van der Waals surface area contributed by atoms with E-state index in [1.807, 2.05) is 12.1 Å². The van der Waals surface area contributed by atoms with Crippen molar-refractivity contribution in [2.45, 2.75) is 61.7 Å². The van der Waals surface area contributed by atoms with Gasteiger partial charge in [-0.15, -0.1) is 11.8 Å². The number of thioether (sulfide) groups is 1. The molecule has 2 amide bonds. The summed E-state index contributed by atoms with van der Waals surface area (Å²) in [7, 11) is 0. The van der Waals surface area contributed by atoms with Crippen LogP contribution in [0, 0.1) is 0 Å². The molecule has 0 spiro atoms. The fraction of sp³-hybridized carbons (Fsp3) is 0.385. The number of fused-ring (bicyclic) bond motifs is 2. The molecule has 2 aliphatic heterocycles. The monoisotopic (exact) mass is 518 g/mol. The summed E-state index contributed by atoms with van der Waals surface area (Å²) in [6.07, 6.45) is 2.48. The average Bonchev–Trinajstić information content (AvgIpc) is 3.37. The van der Waals surface area contributed by atoms with Crippen LogP contribution in [0.25, 0.3) is 0 Å². The van der Waals surface area contributed by atoms with Crippen LogP contribution in [-0.4, -0.2) is 56.0 Å². The zero-order valence-electron chi connectivity index (χ0n) is 21.5. The first-order valence-corrected chi connectivity index (χ1v) is 12.5. The molecule has 36 heavy (non-hydrogen) atoms. The number of benzene rings is 2. The molecule has 10 heteroatoms. The number of esters is 1. The number of ether oxygens (including phenoxy) is 1. The molecule has 3 atom stereocenters. The molecule has 0 bridgehead atoms. The van der Waals surface area contributed by atoms with Crippen molar-refractivity contribution in [3.63, 3.8) is 0 Å². The zero-order valence-corrected chi connectivity index (χ0v) is 23.3. The minimum absolute atomic E-state index is 0. The first-order valence-electron chi connectivity index (χ1n) is 11.6. The minimum Gasteiger partial charge on any atom is -1.00 e. The summed E-state index contributed by atoms with van der Waals surface area (Å²) in [5.41, 5.74) is 2.88. The smallest absolute Gasteiger partial charge is 1.00 e. The number of anilines is 1. The maximum absolute atomic E-state index is 13.4. The number of amides is 2. The van der Waals surface area contributed by atoms with E-state index in [0.29, 0.717) is 11.4 Å². The molecule has 0 radical (unpaired) electrons. The third-order valence-corrected chi connectivity index (χ3v) is 8.38. The number of carbonyl (C=O) groups is 4. The van der Waals surface area contributed by atoms with Gasteiger partial charge in [0.15, 0.2) is 0 Å². The number of para-hydroxylation sites is 1. The van der Waals surface area contributed by atoms with Gasteiger partial charge in [0.1, 0.15) is 29.6 Å². The molecular formula is C26H27N2NaO6S. The summed E-state index contributed by atoms with van der Waals surface area (Å²) >= 11 is 1.35. The van der Waals surface area contributed by atoms with E-state index in [1.165, 1.54) is 27.1 Å². The molecule has 1 N–H and O–H groups in total. The van der Waals surface area contributed by atoms with E-state index >= 15 is 0 Å². The van der Waals surface area contributed by atoms with Gasteiger partial charge in [0, 0.05) is 10.4 Å². The normalized spacial score (nSPS) is 23.1. The number of aryl methyl sites for hydroxylation is 2. The van der Waals surface area contributed by atoms with Crippen molar-refractivity contribution >= 4 is 41.2 Å². The Kier molecular flexibility index (Phi) is 7.57. The SMILES string of the molecule is CC1(C)S[C@@H]2C(N(C(=O)CC(=O)Oc3ccc4c(c3)CCC4)c3ccccc3)C(=O)N2C1C(=O)O.[H-].[Na+]. The van der Waals surface area contributed by atoms with E-state index < -0.39 is 52.4 Å². The maximum Gasteiger partial charge on any atom is 1.00 e. The van der Waals surface area contributed by atoms with Gasteiger partial charge in [-0.05, 0) is 68.5 Å². The molecule has 2 unspecified atom stereocenters. The molecule has 2 aromatic rings. The predicted octanol–water partition coefficient (Wildman–Crippen LogP) is 0.136. The number of hydrogen-bond acceptors (Lipinski definition) is 6. The number of hydrogen-bond donors (Lipinski definition) is 1. The number of rotatable bonds is 6. The van der Waals surface area contributed by atoms with E-state index in [9.17, 15) is 24.3 Å². The Morgan fingerprint density at radius 2 is 1.83 bits per heavy atom. The van der Waals surface area contributed by atoms with Gasteiger partial charge in [-0.3, -0.25) is 19.3 Å². The van der Waals surface area contributed by atoms with Crippen LogP contribution in [0.1, 0.15) is 39.2 Å². The predicted molar refractivity (Wildman–Crippen MR) is 131 cm³/mol. The summed E-state index contributed by atoms with van der Waals surface area (Å²) < 4.78 is 4.73. The molecule has 3 aliphatic rings. The number of carboxylic acids is 1. The van der Waals surface area contributed by atoms with Gasteiger partial charge in [-0.2, -0.15) is 0 Å². The summed E-state index contributed by atoms with van der Waals surface area (Å²) in [6.45, 7) is 3.56. The van der Waals surface area contributed by atoms with Gasteiger partial charge < -0.3 is 16.2 Å². The minimum atomic E-state index is -1.08. The van der Waals surface area contributed by atoms with Crippen LogP contribution in [0.5, 0.6) is 5.75 Å². The van der Waals surface area contributed by atoms with Crippen molar-refractivity contribution in [3.05, 3.63) is 59.7 Å². The van der Waals surface area contributed by atoms with E-state index in [-0.39, 0.29) is 31.0 Å². The second kappa shape index (κ2) is 10.2. The molecule has 5 rings (SSSR count). The number of carboxylic acid groups (broad SMARTS) is 1. The second-order valence-electron chi connectivity index (χ2n) is 9.58. The first kappa shape index (κ1) is 26.7. The number of β-lactam (4-membered cyclic amide) rings is 1. The Morgan fingerprint density at radius 3 is 2.53 bits per heavy atom. The van der Waals surface area contributed by atoms with Gasteiger partial charge in [-0.25, -0.2) is 4.79 Å². The van der Waals surface area contributed by atoms with Gasteiger partial charge >= 0.3 is 41.5 Å². The van der Waals surface area contributed by atoms with Crippen LogP contribution in [0.3, 0.4) is 0 Å².